The lowest BCUT2D eigenvalue weighted by atomic mass is 9.91. The van der Waals surface area contributed by atoms with Crippen LogP contribution in [0.1, 0.15) is 90.1 Å². The van der Waals surface area contributed by atoms with Crippen LogP contribution in [0, 0.1) is 6.92 Å². The Morgan fingerprint density at radius 1 is 0.950 bits per heavy atom. The van der Waals surface area contributed by atoms with Gasteiger partial charge < -0.3 is 23.2 Å². The van der Waals surface area contributed by atoms with Gasteiger partial charge in [-0.25, -0.2) is 9.48 Å². The molecule has 0 radical (unpaired) electrons. The minimum absolute atomic E-state index is 0.0697. The minimum atomic E-state index is -3.46. The molecule has 8 rings (SSSR count). The smallest absolute Gasteiger partial charge is 0.354 e. The van der Waals surface area contributed by atoms with Gasteiger partial charge in [0.1, 0.15) is 11.9 Å². The Hall–Kier alpha value is -4.66. The van der Waals surface area contributed by atoms with Crippen LogP contribution < -0.4 is 10.4 Å². The van der Waals surface area contributed by atoms with Crippen molar-refractivity contribution in [3.05, 3.63) is 117 Å². The first-order valence-electron chi connectivity index (χ1n) is 20.5. The number of esters is 2. The molecule has 1 fully saturated rings. The minimum Gasteiger partial charge on any atom is -0.469 e. The molecule has 5 heterocycles. The number of carbonyl (C=O) groups excluding carboxylic acids is 2. The molecule has 4 bridgehead atoms. The lowest BCUT2D eigenvalue weighted by Gasteiger charge is -2.46. The van der Waals surface area contributed by atoms with E-state index in [1.54, 1.807) is 11.8 Å². The van der Waals surface area contributed by atoms with Crippen LogP contribution in [0.2, 0.25) is 5.02 Å². The quantitative estimate of drug-likeness (QED) is 0.117. The summed E-state index contributed by atoms with van der Waals surface area (Å²) >= 11 is 9.81. The molecule has 3 aromatic carbocycles. The average molecular weight is 867 g/mol. The number of hydrogen-bond acceptors (Lipinski definition) is 9. The third-order valence-corrected chi connectivity index (χ3v) is 18.8. The highest BCUT2D eigenvalue weighted by Gasteiger charge is 2.55. The monoisotopic (exact) mass is 865 g/mol. The van der Waals surface area contributed by atoms with Crippen molar-refractivity contribution in [2.75, 3.05) is 20.8 Å². The zero-order valence-corrected chi connectivity index (χ0v) is 37.9. The van der Waals surface area contributed by atoms with Gasteiger partial charge in [-0.05, 0) is 66.2 Å². The van der Waals surface area contributed by atoms with Gasteiger partial charge in [-0.1, -0.05) is 86.1 Å². The van der Waals surface area contributed by atoms with Crippen LogP contribution >= 0.6 is 23.4 Å². The zero-order valence-electron chi connectivity index (χ0n) is 35.3. The number of methoxy groups -OCH3 is 2. The average Bonchev–Trinajstić information content (AvgIpc) is 3.90. The number of halogens is 1. The highest BCUT2D eigenvalue weighted by Crippen LogP contribution is 2.49. The Morgan fingerprint density at radius 3 is 2.28 bits per heavy atom. The number of rotatable bonds is 7. The Bertz CT molecular complexity index is 2520. The molecule has 2 aliphatic heterocycles. The number of thioether (sulfide) groups is 1. The molecule has 14 heteroatoms. The third kappa shape index (κ3) is 7.11. The summed E-state index contributed by atoms with van der Waals surface area (Å²) < 4.78 is 30.4. The molecule has 1 saturated heterocycles. The number of ether oxygens (including phenoxy) is 3. The summed E-state index contributed by atoms with van der Waals surface area (Å²) in [6.07, 6.45) is 3.20. The number of carbonyl (C=O) groups is 2. The Morgan fingerprint density at radius 2 is 1.65 bits per heavy atom. The van der Waals surface area contributed by atoms with E-state index in [0.29, 0.717) is 34.4 Å². The Balaban J connectivity index is 1.49. The van der Waals surface area contributed by atoms with E-state index in [1.165, 1.54) is 14.2 Å². The van der Waals surface area contributed by atoms with E-state index in [4.69, 9.17) is 40.4 Å². The molecule has 1 unspecified atom stereocenters. The lowest BCUT2D eigenvalue weighted by Crippen LogP contribution is -2.71. The number of fused-ring (bicyclic) bond motifs is 8. The topological polar surface area (TPSA) is 112 Å². The maximum atomic E-state index is 13.8. The second-order valence-corrected chi connectivity index (χ2v) is 21.6. The van der Waals surface area contributed by atoms with Crippen molar-refractivity contribution < 1.29 is 28.2 Å². The molecule has 2 aliphatic rings. The second-order valence-electron chi connectivity index (χ2n) is 16.2. The maximum Gasteiger partial charge on any atom is 0.354 e. The van der Waals surface area contributed by atoms with Gasteiger partial charge in [-0.15, -0.1) is 11.8 Å². The van der Waals surface area contributed by atoms with Crippen molar-refractivity contribution in [3.63, 3.8) is 0 Å². The molecule has 11 nitrogen and oxygen atoms in total. The van der Waals surface area contributed by atoms with E-state index in [9.17, 15) is 9.59 Å². The Kier molecular flexibility index (Phi) is 11.9. The molecule has 314 valence electrons. The summed E-state index contributed by atoms with van der Waals surface area (Å²) in [5, 5.41) is 13.1. The van der Waals surface area contributed by atoms with Gasteiger partial charge in [0.2, 0.25) is 0 Å². The predicted molar refractivity (Wildman–Crippen MR) is 238 cm³/mol. The number of hydrogen-bond donors (Lipinski definition) is 0. The second kappa shape index (κ2) is 17.0. The van der Waals surface area contributed by atoms with Crippen molar-refractivity contribution in [2.45, 2.75) is 82.3 Å². The van der Waals surface area contributed by atoms with Gasteiger partial charge >= 0.3 is 11.9 Å². The van der Waals surface area contributed by atoms with Crippen LogP contribution in [0.5, 0.6) is 0 Å². The summed E-state index contributed by atoms with van der Waals surface area (Å²) in [6.45, 7) is 7.50. The maximum absolute atomic E-state index is 13.8. The highest BCUT2D eigenvalue weighted by atomic mass is 35.5. The summed E-state index contributed by atoms with van der Waals surface area (Å²) in [5.74, 6) is 0.374. The first kappa shape index (κ1) is 42.0. The summed E-state index contributed by atoms with van der Waals surface area (Å²) in [6, 6.07) is 25.3. The van der Waals surface area contributed by atoms with Crippen molar-refractivity contribution in [2.24, 2.45) is 14.1 Å². The number of aromatic nitrogens is 5. The lowest BCUT2D eigenvalue weighted by molar-refractivity contribution is -0.140. The van der Waals surface area contributed by atoms with E-state index in [2.05, 4.69) is 86.1 Å². The number of benzene rings is 3. The fourth-order valence-corrected chi connectivity index (χ4v) is 15.6. The molecule has 0 aliphatic carbocycles. The van der Waals surface area contributed by atoms with Crippen molar-refractivity contribution in [1.29, 1.82) is 0 Å². The molecule has 0 amide bonds. The van der Waals surface area contributed by atoms with Crippen LogP contribution in [0.3, 0.4) is 0 Å². The van der Waals surface area contributed by atoms with Crippen molar-refractivity contribution in [1.82, 2.24) is 24.1 Å². The van der Waals surface area contributed by atoms with Gasteiger partial charge in [-0.3, -0.25) is 9.48 Å². The fourth-order valence-electron chi connectivity index (χ4n) is 9.43. The van der Waals surface area contributed by atoms with E-state index in [-0.39, 0.29) is 31.6 Å². The van der Waals surface area contributed by atoms with Crippen LogP contribution in [-0.4, -0.2) is 65.2 Å². The summed E-state index contributed by atoms with van der Waals surface area (Å²) in [7, 11) is 3.11. The summed E-state index contributed by atoms with van der Waals surface area (Å²) in [4.78, 5) is 26.6. The third-order valence-electron chi connectivity index (χ3n) is 12.5. The van der Waals surface area contributed by atoms with Crippen LogP contribution in [0.4, 0.5) is 0 Å². The SMILES string of the molecule is COC(=O)CCc1c(C(=O)OC)n(C)c2c3c(Cl)c(cc12)C(C)(C)[Si](c1ccccc1)(c1ccccc1)OCc1cc(n(C2CCCCO2)n1)CSCc1nn(C)c(C)c1-3. The highest BCUT2D eigenvalue weighted by molar-refractivity contribution is 7.97. The van der Waals surface area contributed by atoms with Gasteiger partial charge in [-0.2, -0.15) is 10.2 Å². The Labute approximate surface area is 361 Å². The molecular formula is C46H52ClN5O6SSi. The number of aryl methyl sites for hydroxylation is 3. The molecule has 6 aromatic rings. The largest absolute Gasteiger partial charge is 0.469 e. The van der Waals surface area contributed by atoms with Crippen LogP contribution in [0.15, 0.2) is 72.8 Å². The molecule has 0 N–H and O–H groups in total. The van der Waals surface area contributed by atoms with Crippen molar-refractivity contribution >= 4 is 64.9 Å². The van der Waals surface area contributed by atoms with Gasteiger partial charge in [0.25, 0.3) is 8.32 Å². The van der Waals surface area contributed by atoms with Gasteiger partial charge in [0, 0.05) is 65.9 Å². The van der Waals surface area contributed by atoms with E-state index in [1.807, 2.05) is 35.5 Å². The molecule has 60 heavy (non-hydrogen) atoms. The van der Waals surface area contributed by atoms with Gasteiger partial charge in [0.05, 0.1) is 48.4 Å². The van der Waals surface area contributed by atoms with Gasteiger partial charge in [0.15, 0.2) is 0 Å². The van der Waals surface area contributed by atoms with E-state index in [0.717, 1.165) is 80.0 Å². The van der Waals surface area contributed by atoms with E-state index >= 15 is 0 Å². The van der Waals surface area contributed by atoms with Crippen molar-refractivity contribution in [3.8, 4) is 11.1 Å². The molecule has 0 spiro atoms. The van der Waals surface area contributed by atoms with Crippen LogP contribution in [-0.2, 0) is 67.1 Å². The van der Waals surface area contributed by atoms with E-state index < -0.39 is 19.3 Å². The zero-order chi connectivity index (χ0) is 42.3. The summed E-state index contributed by atoms with van der Waals surface area (Å²) in [5.41, 5.74) is 8.04. The first-order chi connectivity index (χ1) is 28.9. The normalized spacial score (nSPS) is 17.7. The predicted octanol–water partition coefficient (Wildman–Crippen LogP) is 7.87. The number of nitrogens with zero attached hydrogens (tertiary/aromatic N) is 5. The molecular weight excluding hydrogens is 814 g/mol. The fraction of sp³-hybridized carbons (Fsp3) is 0.391. The van der Waals surface area contributed by atoms with Crippen LogP contribution in [0.25, 0.3) is 22.0 Å². The molecule has 1 atom stereocenters. The first-order valence-corrected chi connectivity index (χ1v) is 23.9. The standard InChI is InChI=1S/C46H52ClN5O6SSi/c1-29-40-37(49-51(29)5)28-59-27-31-24-30(48-52(31)38-20-14-15-23-57-38)26-58-60(32-16-10-8-11-17-32,33-18-12-9-13-19-33)46(2,3)36-25-35-34(21-22-39(53)55-6)44(45(54)56-7)50(4)43(35)41(40)42(36)47/h8-13,16-19,24-25,38H,14-15,20-23,26-28H2,1-7H3. The molecule has 3 aromatic heterocycles. The molecule has 0 saturated carbocycles.